The van der Waals surface area contributed by atoms with Crippen LogP contribution in [0.25, 0.3) is 0 Å². The smallest absolute Gasteiger partial charge is 0.240 e. The Morgan fingerprint density at radius 2 is 2.21 bits per heavy atom. The normalized spacial score (nSPS) is 17.3. The van der Waals surface area contributed by atoms with Crippen molar-refractivity contribution >= 4 is 15.7 Å². The van der Waals surface area contributed by atoms with Crippen LogP contribution >= 0.6 is 0 Å². The Morgan fingerprint density at radius 1 is 1.38 bits per heavy atom. The van der Waals surface area contributed by atoms with E-state index in [1.54, 1.807) is 19.1 Å². The quantitative estimate of drug-likeness (QED) is 0.827. The number of benzene rings is 1. The minimum absolute atomic E-state index is 0.311. The first kappa shape index (κ1) is 15.6. The fourth-order valence-corrected chi connectivity index (χ4v) is 4.18. The third-order valence-electron chi connectivity index (χ3n) is 4.53. The van der Waals surface area contributed by atoms with Gasteiger partial charge in [0.1, 0.15) is 5.82 Å². The number of nitrogens with zero attached hydrogens (tertiary/aromatic N) is 3. The van der Waals surface area contributed by atoms with Gasteiger partial charge < -0.3 is 4.90 Å². The molecule has 1 aliphatic carbocycles. The van der Waals surface area contributed by atoms with Crippen molar-refractivity contribution in [3.63, 3.8) is 0 Å². The van der Waals surface area contributed by atoms with Crippen LogP contribution in [0.5, 0.6) is 0 Å². The maximum absolute atomic E-state index is 12.2. The van der Waals surface area contributed by atoms with Crippen LogP contribution in [-0.4, -0.2) is 36.7 Å². The van der Waals surface area contributed by atoms with E-state index in [1.165, 1.54) is 18.4 Å². The third kappa shape index (κ3) is 2.91. The lowest BCUT2D eigenvalue weighted by atomic mass is 10.2. The van der Waals surface area contributed by atoms with Crippen molar-refractivity contribution in [3.05, 3.63) is 35.4 Å². The predicted molar refractivity (Wildman–Crippen MR) is 90.4 cm³/mol. The lowest BCUT2D eigenvalue weighted by molar-refractivity contribution is 0.584. The summed E-state index contributed by atoms with van der Waals surface area (Å²) in [7, 11) is -3.44. The van der Waals surface area contributed by atoms with Gasteiger partial charge in [-0.15, -0.1) is 0 Å². The highest BCUT2D eigenvalue weighted by atomic mass is 32.2. The lowest BCUT2D eigenvalue weighted by Crippen LogP contribution is -2.24. The molecule has 2 heterocycles. The van der Waals surface area contributed by atoms with Gasteiger partial charge >= 0.3 is 0 Å². The molecule has 1 saturated carbocycles. The molecule has 0 amide bonds. The number of aromatic nitrogens is 3. The molecule has 1 aromatic carbocycles. The fraction of sp³-hybridized carbons (Fsp3) is 0.500. The van der Waals surface area contributed by atoms with Gasteiger partial charge in [-0.3, -0.25) is 5.10 Å². The Bertz CT molecular complexity index is 857. The maximum atomic E-state index is 12.2. The van der Waals surface area contributed by atoms with Crippen molar-refractivity contribution in [1.82, 2.24) is 19.9 Å². The molecular weight excluding hydrogens is 326 g/mol. The van der Waals surface area contributed by atoms with E-state index in [9.17, 15) is 8.42 Å². The number of H-pyrrole nitrogens is 1. The van der Waals surface area contributed by atoms with Crippen LogP contribution in [0.1, 0.15) is 42.9 Å². The van der Waals surface area contributed by atoms with Crippen molar-refractivity contribution in [1.29, 1.82) is 0 Å². The molecule has 1 fully saturated rings. The zero-order valence-electron chi connectivity index (χ0n) is 13.6. The third-order valence-corrected chi connectivity index (χ3v) is 6.07. The molecule has 1 aromatic heterocycles. The SMILES string of the molecule is CCNS(=O)(=O)c1ccc2c(c1)N(Cc1nc(C3CC3)n[nH]1)CC2. The standard InChI is InChI=1S/C16H21N5O2S/c1-2-17-24(22,23)13-6-5-11-7-8-21(14(11)9-13)10-15-18-16(20-19-15)12-3-4-12/h5-6,9,12,17H,2-4,7-8,10H2,1H3,(H,18,19,20). The monoisotopic (exact) mass is 347 g/mol. The van der Waals surface area contributed by atoms with Crippen LogP contribution < -0.4 is 9.62 Å². The molecule has 0 bridgehead atoms. The van der Waals surface area contributed by atoms with Gasteiger partial charge in [-0.2, -0.15) is 5.10 Å². The minimum atomic E-state index is -3.44. The molecule has 0 saturated heterocycles. The second kappa shape index (κ2) is 5.86. The van der Waals surface area contributed by atoms with Crippen LogP contribution in [-0.2, 0) is 23.0 Å². The number of rotatable bonds is 6. The number of hydrogen-bond donors (Lipinski definition) is 2. The van der Waals surface area contributed by atoms with Gasteiger partial charge in [0.15, 0.2) is 5.82 Å². The number of sulfonamides is 1. The summed E-state index contributed by atoms with van der Waals surface area (Å²) in [6.45, 7) is 3.64. The molecule has 0 spiro atoms. The fourth-order valence-electron chi connectivity index (χ4n) is 3.12. The summed E-state index contributed by atoms with van der Waals surface area (Å²) < 4.78 is 27.0. The molecule has 128 valence electrons. The van der Waals surface area contributed by atoms with E-state index in [4.69, 9.17) is 0 Å². The molecule has 0 unspecified atom stereocenters. The molecule has 4 rings (SSSR count). The average Bonchev–Trinajstić information content (AvgIpc) is 3.18. The number of aromatic amines is 1. The van der Waals surface area contributed by atoms with Crippen molar-refractivity contribution in [2.45, 2.75) is 43.5 Å². The summed E-state index contributed by atoms with van der Waals surface area (Å²) in [4.78, 5) is 7.05. The van der Waals surface area contributed by atoms with E-state index in [2.05, 4.69) is 24.8 Å². The summed E-state index contributed by atoms with van der Waals surface area (Å²) in [6.07, 6.45) is 3.27. The molecule has 8 heteroatoms. The van der Waals surface area contributed by atoms with E-state index in [0.717, 1.165) is 30.3 Å². The van der Waals surface area contributed by atoms with Gasteiger partial charge in [0.25, 0.3) is 0 Å². The maximum Gasteiger partial charge on any atom is 0.240 e. The topological polar surface area (TPSA) is 91.0 Å². The summed E-state index contributed by atoms with van der Waals surface area (Å²) in [6, 6.07) is 5.36. The molecule has 24 heavy (non-hydrogen) atoms. The Labute approximate surface area is 141 Å². The molecule has 2 N–H and O–H groups in total. The highest BCUT2D eigenvalue weighted by molar-refractivity contribution is 7.89. The number of anilines is 1. The number of fused-ring (bicyclic) bond motifs is 1. The minimum Gasteiger partial charge on any atom is -0.363 e. The van der Waals surface area contributed by atoms with Crippen LogP contribution in [0, 0.1) is 0 Å². The molecule has 7 nitrogen and oxygen atoms in total. The summed E-state index contributed by atoms with van der Waals surface area (Å²) >= 11 is 0. The Balaban J connectivity index is 1.57. The Kier molecular flexibility index (Phi) is 3.80. The van der Waals surface area contributed by atoms with Gasteiger partial charge in [-0.25, -0.2) is 18.1 Å². The largest absolute Gasteiger partial charge is 0.363 e. The highest BCUT2D eigenvalue weighted by Gasteiger charge is 2.28. The molecule has 2 aromatic rings. The zero-order valence-corrected chi connectivity index (χ0v) is 14.4. The van der Waals surface area contributed by atoms with E-state index in [0.29, 0.717) is 23.9 Å². The first-order valence-electron chi connectivity index (χ1n) is 8.35. The van der Waals surface area contributed by atoms with Crippen LogP contribution in [0.3, 0.4) is 0 Å². The van der Waals surface area contributed by atoms with Crippen LogP contribution in [0.15, 0.2) is 23.1 Å². The zero-order chi connectivity index (χ0) is 16.7. The molecule has 0 radical (unpaired) electrons. The van der Waals surface area contributed by atoms with E-state index >= 15 is 0 Å². The predicted octanol–water partition coefficient (Wildman–Crippen LogP) is 1.54. The molecule has 1 aliphatic heterocycles. The van der Waals surface area contributed by atoms with Gasteiger partial charge in [0.2, 0.25) is 10.0 Å². The van der Waals surface area contributed by atoms with Crippen molar-refractivity contribution in [2.75, 3.05) is 18.0 Å². The van der Waals surface area contributed by atoms with E-state index < -0.39 is 10.0 Å². The first-order valence-corrected chi connectivity index (χ1v) is 9.84. The second-order valence-electron chi connectivity index (χ2n) is 6.38. The highest BCUT2D eigenvalue weighted by Crippen LogP contribution is 2.38. The van der Waals surface area contributed by atoms with Gasteiger partial charge in [-0.1, -0.05) is 13.0 Å². The van der Waals surface area contributed by atoms with E-state index in [1.807, 2.05) is 6.07 Å². The lowest BCUT2D eigenvalue weighted by Gasteiger charge is -2.18. The summed E-state index contributed by atoms with van der Waals surface area (Å²) in [5.74, 6) is 2.27. The van der Waals surface area contributed by atoms with Crippen molar-refractivity contribution in [2.24, 2.45) is 0 Å². The van der Waals surface area contributed by atoms with Gasteiger partial charge in [0, 0.05) is 24.7 Å². The average molecular weight is 347 g/mol. The van der Waals surface area contributed by atoms with Crippen molar-refractivity contribution in [3.8, 4) is 0 Å². The molecular formula is C16H21N5O2S. The number of nitrogens with one attached hydrogen (secondary N) is 2. The second-order valence-corrected chi connectivity index (χ2v) is 8.14. The Morgan fingerprint density at radius 3 is 2.96 bits per heavy atom. The van der Waals surface area contributed by atoms with E-state index in [-0.39, 0.29) is 0 Å². The summed E-state index contributed by atoms with van der Waals surface area (Å²) in [5.41, 5.74) is 2.14. The van der Waals surface area contributed by atoms with Gasteiger partial charge in [-0.05, 0) is 37.0 Å². The Hall–Kier alpha value is -1.93. The molecule has 2 aliphatic rings. The molecule has 0 atom stereocenters. The number of hydrogen-bond acceptors (Lipinski definition) is 5. The van der Waals surface area contributed by atoms with Gasteiger partial charge in [0.05, 0.1) is 11.4 Å². The van der Waals surface area contributed by atoms with Crippen LogP contribution in [0.2, 0.25) is 0 Å². The van der Waals surface area contributed by atoms with Crippen LogP contribution in [0.4, 0.5) is 5.69 Å². The first-order chi connectivity index (χ1) is 11.6. The van der Waals surface area contributed by atoms with Crippen molar-refractivity contribution < 1.29 is 8.42 Å². The summed E-state index contributed by atoms with van der Waals surface area (Å²) in [5, 5.41) is 7.31.